The van der Waals surface area contributed by atoms with Gasteiger partial charge >= 0.3 is 5.97 Å². The molecule has 3 heterocycles. The highest BCUT2D eigenvalue weighted by Gasteiger charge is 2.29. The number of thiophene rings is 1. The number of fused-ring (bicyclic) bond motifs is 1. The predicted octanol–water partition coefficient (Wildman–Crippen LogP) is 6.24. The van der Waals surface area contributed by atoms with Crippen molar-refractivity contribution in [2.24, 2.45) is 4.99 Å². The number of hydrogen-bond donors (Lipinski definition) is 1. The van der Waals surface area contributed by atoms with E-state index in [-0.39, 0.29) is 17.7 Å². The molecule has 1 saturated heterocycles. The molecule has 5 rings (SSSR count). The lowest BCUT2D eigenvalue weighted by Gasteiger charge is -2.13. The van der Waals surface area contributed by atoms with Gasteiger partial charge in [-0.1, -0.05) is 0 Å². The van der Waals surface area contributed by atoms with Crippen LogP contribution in [0.1, 0.15) is 57.5 Å². The normalized spacial score (nSPS) is 17.5. The predicted molar refractivity (Wildman–Crippen MR) is 143 cm³/mol. The number of nitrogens with zero attached hydrogens (tertiary/aromatic N) is 2. The van der Waals surface area contributed by atoms with Crippen LogP contribution < -0.4 is 5.32 Å². The fraction of sp³-hybridized carbons (Fsp3) is 0.296. The molecule has 0 bridgehead atoms. The molecule has 1 aliphatic carbocycles. The first-order valence-electron chi connectivity index (χ1n) is 11.9. The molecule has 6 nitrogen and oxygen atoms in total. The summed E-state index contributed by atoms with van der Waals surface area (Å²) in [4.78, 5) is 31.8. The number of hydrogen-bond acceptors (Lipinski definition) is 6. The molecule has 1 fully saturated rings. The van der Waals surface area contributed by atoms with Crippen LogP contribution in [0.3, 0.4) is 0 Å². The third kappa shape index (κ3) is 4.65. The standard InChI is InChI=1S/C27H26FN3O3S2/c1-4-34-26(33)23-20-7-5-6-8-21(20)35-25(23)31-15(2)13-17(16(31)3)14-22-24(32)30-27(36-22)29-19-11-9-18(28)10-12-19/h9-14H,4-8H2,1-3H3,(H,29,30,32). The molecule has 1 aromatic carbocycles. The number of aliphatic imine (C=N–C) groups is 1. The van der Waals surface area contributed by atoms with E-state index < -0.39 is 0 Å². The Balaban J connectivity index is 1.50. The highest BCUT2D eigenvalue weighted by Crippen LogP contribution is 2.40. The number of rotatable bonds is 5. The van der Waals surface area contributed by atoms with Gasteiger partial charge in [0.1, 0.15) is 10.8 Å². The number of amides is 1. The topological polar surface area (TPSA) is 72.7 Å². The number of aromatic nitrogens is 1. The van der Waals surface area contributed by atoms with Crippen LogP contribution in [0.15, 0.2) is 40.2 Å². The summed E-state index contributed by atoms with van der Waals surface area (Å²) in [7, 11) is 0. The van der Waals surface area contributed by atoms with Gasteiger partial charge in [-0.25, -0.2) is 14.2 Å². The van der Waals surface area contributed by atoms with Gasteiger partial charge in [0, 0.05) is 16.3 Å². The van der Waals surface area contributed by atoms with Crippen molar-refractivity contribution in [3.8, 4) is 5.00 Å². The molecule has 0 unspecified atom stereocenters. The number of nitrogens with one attached hydrogen (secondary N) is 1. The fourth-order valence-corrected chi connectivity index (χ4v) is 6.94. The smallest absolute Gasteiger partial charge is 0.341 e. The van der Waals surface area contributed by atoms with Gasteiger partial charge in [0.15, 0.2) is 5.17 Å². The van der Waals surface area contributed by atoms with Gasteiger partial charge in [0.25, 0.3) is 5.91 Å². The van der Waals surface area contributed by atoms with Crippen molar-refractivity contribution in [1.82, 2.24) is 9.88 Å². The minimum atomic E-state index is -0.337. The van der Waals surface area contributed by atoms with E-state index in [9.17, 15) is 14.0 Å². The van der Waals surface area contributed by atoms with E-state index in [1.807, 2.05) is 32.9 Å². The lowest BCUT2D eigenvalue weighted by molar-refractivity contribution is -0.115. The second-order valence-electron chi connectivity index (χ2n) is 8.73. The minimum absolute atomic E-state index is 0.232. The van der Waals surface area contributed by atoms with E-state index in [0.717, 1.165) is 53.2 Å². The molecular formula is C27H26FN3O3S2. The molecule has 3 aromatic rings. The Labute approximate surface area is 217 Å². The highest BCUT2D eigenvalue weighted by atomic mass is 32.2. The second kappa shape index (κ2) is 10.1. The minimum Gasteiger partial charge on any atom is -0.462 e. The molecule has 1 aliphatic heterocycles. The number of thioether (sulfide) groups is 1. The number of aryl methyl sites for hydroxylation is 2. The Bertz CT molecular complexity index is 1420. The molecule has 186 valence electrons. The van der Waals surface area contributed by atoms with Gasteiger partial charge < -0.3 is 14.6 Å². The van der Waals surface area contributed by atoms with Crippen LogP contribution in [0, 0.1) is 19.7 Å². The van der Waals surface area contributed by atoms with E-state index in [1.165, 1.54) is 28.8 Å². The molecule has 2 aromatic heterocycles. The van der Waals surface area contributed by atoms with E-state index in [4.69, 9.17) is 4.74 Å². The van der Waals surface area contributed by atoms with Gasteiger partial charge in [-0.15, -0.1) is 11.3 Å². The number of benzene rings is 1. The van der Waals surface area contributed by atoms with Gasteiger partial charge in [0.05, 0.1) is 22.8 Å². The third-order valence-electron chi connectivity index (χ3n) is 6.30. The summed E-state index contributed by atoms with van der Waals surface area (Å²) in [5.74, 6) is -0.841. The maximum atomic E-state index is 13.2. The lowest BCUT2D eigenvalue weighted by atomic mass is 9.95. The molecule has 1 amide bonds. The van der Waals surface area contributed by atoms with Crippen LogP contribution in [0.4, 0.5) is 10.1 Å². The quantitative estimate of drug-likeness (QED) is 0.317. The van der Waals surface area contributed by atoms with Gasteiger partial charge in [-0.3, -0.25) is 4.79 Å². The molecule has 9 heteroatoms. The zero-order valence-electron chi connectivity index (χ0n) is 20.3. The van der Waals surface area contributed by atoms with Crippen molar-refractivity contribution in [1.29, 1.82) is 0 Å². The molecule has 0 atom stereocenters. The summed E-state index contributed by atoms with van der Waals surface area (Å²) in [6.45, 7) is 6.16. The van der Waals surface area contributed by atoms with Crippen LogP contribution in [0.2, 0.25) is 0 Å². The lowest BCUT2D eigenvalue weighted by Crippen LogP contribution is -2.19. The Morgan fingerprint density at radius 1 is 1.22 bits per heavy atom. The monoisotopic (exact) mass is 523 g/mol. The summed E-state index contributed by atoms with van der Waals surface area (Å²) in [6.07, 6.45) is 5.93. The molecule has 1 N–H and O–H groups in total. The summed E-state index contributed by atoms with van der Waals surface area (Å²) in [6, 6.07) is 7.82. The SMILES string of the molecule is CCOC(=O)c1c(-n2c(C)cc(C=C3SC(=Nc4ccc(F)cc4)NC3=O)c2C)sc2c1CCCC2. The van der Waals surface area contributed by atoms with Crippen molar-refractivity contribution in [3.05, 3.63) is 74.0 Å². The van der Waals surface area contributed by atoms with E-state index >= 15 is 0 Å². The van der Waals surface area contributed by atoms with Crippen LogP contribution in [-0.2, 0) is 22.4 Å². The van der Waals surface area contributed by atoms with Crippen molar-refractivity contribution in [2.75, 3.05) is 6.61 Å². The number of ether oxygens (including phenoxy) is 1. The number of carbonyl (C=O) groups is 2. The number of amidine groups is 1. The van der Waals surface area contributed by atoms with Crippen molar-refractivity contribution < 1.29 is 18.7 Å². The number of esters is 1. The third-order valence-corrected chi connectivity index (χ3v) is 8.49. The maximum absolute atomic E-state index is 13.2. The largest absolute Gasteiger partial charge is 0.462 e. The van der Waals surface area contributed by atoms with E-state index in [0.29, 0.717) is 27.9 Å². The highest BCUT2D eigenvalue weighted by molar-refractivity contribution is 8.18. The molecular weight excluding hydrogens is 497 g/mol. The van der Waals surface area contributed by atoms with Crippen molar-refractivity contribution >= 4 is 51.9 Å². The molecule has 0 radical (unpaired) electrons. The van der Waals surface area contributed by atoms with Crippen molar-refractivity contribution in [3.63, 3.8) is 0 Å². The Hall–Kier alpha value is -3.17. The van der Waals surface area contributed by atoms with Gasteiger partial charge in [-0.2, -0.15) is 0 Å². The number of halogens is 1. The molecule has 36 heavy (non-hydrogen) atoms. The van der Waals surface area contributed by atoms with E-state index in [1.54, 1.807) is 23.5 Å². The first kappa shape index (κ1) is 24.5. The Kier molecular flexibility index (Phi) is 6.85. The maximum Gasteiger partial charge on any atom is 0.341 e. The summed E-state index contributed by atoms with van der Waals surface area (Å²) < 4.78 is 20.7. The van der Waals surface area contributed by atoms with Crippen LogP contribution in [-0.4, -0.2) is 28.2 Å². The van der Waals surface area contributed by atoms with Crippen LogP contribution in [0.5, 0.6) is 0 Å². The van der Waals surface area contributed by atoms with Gasteiger partial charge in [-0.05, 0) is 106 Å². The fourth-order valence-electron chi connectivity index (χ4n) is 4.62. The number of carbonyl (C=O) groups excluding carboxylic acids is 2. The zero-order valence-corrected chi connectivity index (χ0v) is 21.9. The average molecular weight is 524 g/mol. The first-order chi connectivity index (χ1) is 17.4. The summed E-state index contributed by atoms with van der Waals surface area (Å²) in [5.41, 5.74) is 5.19. The van der Waals surface area contributed by atoms with Crippen LogP contribution >= 0.6 is 23.1 Å². The van der Waals surface area contributed by atoms with Crippen LogP contribution in [0.25, 0.3) is 11.1 Å². The summed E-state index contributed by atoms with van der Waals surface area (Å²) in [5, 5.41) is 4.11. The summed E-state index contributed by atoms with van der Waals surface area (Å²) >= 11 is 2.91. The Morgan fingerprint density at radius 2 is 1.97 bits per heavy atom. The van der Waals surface area contributed by atoms with Gasteiger partial charge in [0.2, 0.25) is 0 Å². The Morgan fingerprint density at radius 3 is 2.72 bits per heavy atom. The second-order valence-corrected chi connectivity index (χ2v) is 10.8. The molecule has 0 spiro atoms. The van der Waals surface area contributed by atoms with Crippen molar-refractivity contribution in [2.45, 2.75) is 46.5 Å². The zero-order chi connectivity index (χ0) is 25.4. The molecule has 2 aliphatic rings. The average Bonchev–Trinajstić information content (AvgIpc) is 3.48. The van der Waals surface area contributed by atoms with E-state index in [2.05, 4.69) is 14.9 Å². The first-order valence-corrected chi connectivity index (χ1v) is 13.5. The molecule has 0 saturated carbocycles.